The van der Waals surface area contributed by atoms with Gasteiger partial charge in [-0.05, 0) is 24.3 Å². The van der Waals surface area contributed by atoms with E-state index in [4.69, 9.17) is 0 Å². The summed E-state index contributed by atoms with van der Waals surface area (Å²) in [7, 11) is 0. The minimum Gasteiger partial charge on any atom is -0.355 e. The van der Waals surface area contributed by atoms with Crippen molar-refractivity contribution in [2.24, 2.45) is 0 Å². The molecule has 0 aromatic carbocycles. The normalized spacial score (nSPS) is 15.7. The number of halogens is 3. The van der Waals surface area contributed by atoms with Gasteiger partial charge < -0.3 is 5.32 Å². The van der Waals surface area contributed by atoms with Crippen LogP contribution < -0.4 is 10.3 Å². The number of alkyl halides is 3. The van der Waals surface area contributed by atoms with Crippen LogP contribution >= 0.6 is 0 Å². The summed E-state index contributed by atoms with van der Waals surface area (Å²) in [5.41, 5.74) is 0.527. The first-order valence-electron chi connectivity index (χ1n) is 6.60. The molecule has 2 N–H and O–H groups in total. The molecule has 23 heavy (non-hydrogen) atoms. The molecule has 120 valence electrons. The average Bonchev–Trinajstić information content (AvgIpc) is 2.88. The summed E-state index contributed by atoms with van der Waals surface area (Å²) in [6.07, 6.45) is 1.07. The second kappa shape index (κ2) is 5.86. The summed E-state index contributed by atoms with van der Waals surface area (Å²) in [5.74, 6) is 0.170. The van der Waals surface area contributed by atoms with Gasteiger partial charge >= 0.3 is 6.18 Å². The van der Waals surface area contributed by atoms with Crippen molar-refractivity contribution >= 4 is 11.5 Å². The molecule has 0 amide bonds. The van der Waals surface area contributed by atoms with Gasteiger partial charge in [0.05, 0.1) is 29.7 Å². The summed E-state index contributed by atoms with van der Waals surface area (Å²) in [4.78, 5) is 7.70. The van der Waals surface area contributed by atoms with Crippen LogP contribution in [-0.4, -0.2) is 26.9 Å². The molecule has 0 fully saturated rings. The van der Waals surface area contributed by atoms with Crippen LogP contribution in [0.15, 0.2) is 54.8 Å². The van der Waals surface area contributed by atoms with Crippen LogP contribution in [0.1, 0.15) is 5.56 Å². The molecule has 0 aliphatic carbocycles. The third-order valence-corrected chi connectivity index (χ3v) is 3.11. The van der Waals surface area contributed by atoms with Gasteiger partial charge in [-0.25, -0.2) is 9.99 Å². The molecule has 0 spiro atoms. The van der Waals surface area contributed by atoms with E-state index in [2.05, 4.69) is 15.3 Å². The first-order valence-corrected chi connectivity index (χ1v) is 6.60. The summed E-state index contributed by atoms with van der Waals surface area (Å²) in [5, 5.41) is 15.1. The largest absolute Gasteiger partial charge is 0.417 e. The van der Waals surface area contributed by atoms with Crippen LogP contribution in [0.2, 0.25) is 0 Å². The number of rotatable bonds is 3. The minimum atomic E-state index is -4.45. The smallest absolute Gasteiger partial charge is 0.355 e. The molecule has 6 nitrogen and oxygen atoms in total. The van der Waals surface area contributed by atoms with Crippen molar-refractivity contribution in [3.63, 3.8) is 0 Å². The Labute approximate surface area is 129 Å². The number of hydrazine groups is 1. The second-order valence-electron chi connectivity index (χ2n) is 4.80. The first kappa shape index (κ1) is 15.3. The van der Waals surface area contributed by atoms with E-state index in [9.17, 15) is 18.4 Å². The molecule has 9 heteroatoms. The molecule has 0 saturated heterocycles. The maximum Gasteiger partial charge on any atom is 0.417 e. The van der Waals surface area contributed by atoms with Crippen molar-refractivity contribution in [1.82, 2.24) is 15.1 Å². The summed E-state index contributed by atoms with van der Waals surface area (Å²) >= 11 is 0. The van der Waals surface area contributed by atoms with E-state index in [-0.39, 0.29) is 12.4 Å². The monoisotopic (exact) mass is 323 g/mol. The number of anilines is 2. The van der Waals surface area contributed by atoms with E-state index in [1.165, 1.54) is 11.1 Å². The van der Waals surface area contributed by atoms with Crippen LogP contribution in [0.25, 0.3) is 0 Å². The molecule has 3 heterocycles. The zero-order chi connectivity index (χ0) is 16.4. The van der Waals surface area contributed by atoms with Crippen molar-refractivity contribution in [2.75, 3.05) is 16.9 Å². The van der Waals surface area contributed by atoms with Crippen molar-refractivity contribution in [2.45, 2.75) is 6.18 Å². The molecule has 2 aromatic rings. The summed E-state index contributed by atoms with van der Waals surface area (Å²) < 4.78 is 37.6. The van der Waals surface area contributed by atoms with E-state index < -0.39 is 11.7 Å². The molecule has 0 radical (unpaired) electrons. The fourth-order valence-corrected chi connectivity index (χ4v) is 2.05. The predicted octanol–water partition coefficient (Wildman–Crippen LogP) is 2.88. The maximum atomic E-state index is 12.5. The Hall–Kier alpha value is -2.65. The second-order valence-corrected chi connectivity index (χ2v) is 4.80. The Kier molecular flexibility index (Phi) is 3.89. The lowest BCUT2D eigenvalue weighted by Crippen LogP contribution is -2.32. The zero-order valence-corrected chi connectivity index (χ0v) is 11.7. The Morgan fingerprint density at radius 2 is 2.00 bits per heavy atom. The van der Waals surface area contributed by atoms with Gasteiger partial charge in [-0.1, -0.05) is 5.17 Å². The molecular weight excluding hydrogens is 311 g/mol. The third-order valence-electron chi connectivity index (χ3n) is 3.11. The van der Waals surface area contributed by atoms with Crippen LogP contribution in [0, 0.1) is 0 Å². The number of pyridine rings is 2. The average molecular weight is 323 g/mol. The molecule has 0 saturated carbocycles. The molecule has 2 aromatic heterocycles. The van der Waals surface area contributed by atoms with Gasteiger partial charge in [0.15, 0.2) is 0 Å². The van der Waals surface area contributed by atoms with Gasteiger partial charge in [0.1, 0.15) is 5.82 Å². The lowest BCUT2D eigenvalue weighted by molar-refractivity contribution is -0.137. The minimum absolute atomic E-state index is 0.137. The summed E-state index contributed by atoms with van der Waals surface area (Å²) in [6, 6.07) is 5.66. The van der Waals surface area contributed by atoms with Gasteiger partial charge in [0.2, 0.25) is 0 Å². The van der Waals surface area contributed by atoms with E-state index in [0.29, 0.717) is 5.70 Å². The SMILES string of the molecule is ON1CC(Nc2cccnc2)=CN1c1ccc(C(F)(F)F)cn1. The molecule has 1 aliphatic heterocycles. The quantitative estimate of drug-likeness (QED) is 0.905. The van der Waals surface area contributed by atoms with Crippen LogP contribution in [0.4, 0.5) is 24.7 Å². The molecule has 1 aliphatic rings. The fraction of sp³-hybridized carbons (Fsp3) is 0.143. The molecule has 0 unspecified atom stereocenters. The number of nitrogens with one attached hydrogen (secondary N) is 1. The summed E-state index contributed by atoms with van der Waals surface area (Å²) in [6.45, 7) is 0.137. The van der Waals surface area contributed by atoms with E-state index in [1.807, 2.05) is 0 Å². The van der Waals surface area contributed by atoms with Crippen molar-refractivity contribution < 1.29 is 18.4 Å². The fourth-order valence-electron chi connectivity index (χ4n) is 2.05. The van der Waals surface area contributed by atoms with Crippen LogP contribution in [0.5, 0.6) is 0 Å². The Morgan fingerprint density at radius 1 is 1.17 bits per heavy atom. The maximum absolute atomic E-state index is 12.5. The lowest BCUT2D eigenvalue weighted by atomic mass is 10.3. The molecular formula is C14H12F3N5O. The Bertz CT molecular complexity index is 703. The van der Waals surface area contributed by atoms with E-state index in [0.717, 1.165) is 23.1 Å². The van der Waals surface area contributed by atoms with Gasteiger partial charge in [0.25, 0.3) is 0 Å². The number of hydrogen-bond donors (Lipinski definition) is 2. The molecule has 3 rings (SSSR count). The standard InChI is InChI=1S/C14H12F3N5O/c15-14(16,17)10-3-4-13(19-6-10)21-8-12(9-22(21)23)20-11-2-1-5-18-7-11/h1-8,20,23H,9H2. The molecule has 0 atom stereocenters. The van der Waals surface area contributed by atoms with E-state index >= 15 is 0 Å². The molecule has 0 bridgehead atoms. The van der Waals surface area contributed by atoms with Gasteiger partial charge in [-0.15, -0.1) is 0 Å². The topological polar surface area (TPSA) is 64.5 Å². The van der Waals surface area contributed by atoms with Gasteiger partial charge in [0, 0.05) is 18.6 Å². The third kappa shape index (κ3) is 3.41. The van der Waals surface area contributed by atoms with Crippen LogP contribution in [0.3, 0.4) is 0 Å². The van der Waals surface area contributed by atoms with Crippen molar-refractivity contribution in [3.8, 4) is 0 Å². The number of hydrogen-bond acceptors (Lipinski definition) is 6. The number of hydroxylamine groups is 1. The van der Waals surface area contributed by atoms with Crippen molar-refractivity contribution in [3.05, 3.63) is 60.3 Å². The lowest BCUT2D eigenvalue weighted by Gasteiger charge is -2.21. The highest BCUT2D eigenvalue weighted by molar-refractivity contribution is 5.51. The number of nitrogens with zero attached hydrogens (tertiary/aromatic N) is 4. The first-order chi connectivity index (χ1) is 10.9. The predicted molar refractivity (Wildman–Crippen MR) is 76.2 cm³/mol. The van der Waals surface area contributed by atoms with Gasteiger partial charge in [-0.3, -0.25) is 10.2 Å². The Balaban J connectivity index is 1.77. The highest BCUT2D eigenvalue weighted by Gasteiger charge is 2.31. The van der Waals surface area contributed by atoms with Gasteiger partial charge in [-0.2, -0.15) is 13.2 Å². The number of aromatic nitrogens is 2. The highest BCUT2D eigenvalue weighted by atomic mass is 19.4. The zero-order valence-electron chi connectivity index (χ0n) is 11.7. The van der Waals surface area contributed by atoms with Crippen molar-refractivity contribution in [1.29, 1.82) is 0 Å². The highest BCUT2D eigenvalue weighted by Crippen LogP contribution is 2.30. The van der Waals surface area contributed by atoms with Crippen LogP contribution in [-0.2, 0) is 6.18 Å². The Morgan fingerprint density at radius 3 is 2.61 bits per heavy atom. The van der Waals surface area contributed by atoms with E-state index in [1.54, 1.807) is 30.7 Å².